The third kappa shape index (κ3) is 2.43. The minimum absolute atomic E-state index is 0.499. The first kappa shape index (κ1) is 8.97. The summed E-state index contributed by atoms with van der Waals surface area (Å²) < 4.78 is 0. The van der Waals surface area contributed by atoms with Crippen molar-refractivity contribution in [2.24, 2.45) is 11.7 Å². The van der Waals surface area contributed by atoms with Crippen LogP contribution in [0.5, 0.6) is 0 Å². The summed E-state index contributed by atoms with van der Waals surface area (Å²) >= 11 is 0. The fourth-order valence-corrected chi connectivity index (χ4v) is 1.52. The van der Waals surface area contributed by atoms with Crippen molar-refractivity contribution in [2.45, 2.75) is 25.3 Å². The Morgan fingerprint density at radius 2 is 2.18 bits per heavy atom. The average molecular weight is 157 g/mol. The lowest BCUT2D eigenvalue weighted by Gasteiger charge is -2.35. The largest absolute Gasteiger partial charge is 0.329 e. The van der Waals surface area contributed by atoms with Crippen molar-refractivity contribution in [2.75, 3.05) is 20.6 Å². The number of hydrogen-bond donors (Lipinski definition) is 2. The van der Waals surface area contributed by atoms with Gasteiger partial charge in [-0.05, 0) is 18.8 Å². The normalized spacial score (nSPS) is 21.8. The fraction of sp³-hybridized carbons (Fsp3) is 1.00. The molecule has 0 radical (unpaired) electrons. The second kappa shape index (κ2) is 4.04. The molecular weight excluding hydrogens is 138 g/mol. The lowest BCUT2D eigenvalue weighted by molar-refractivity contribution is 0.150. The molecule has 1 fully saturated rings. The van der Waals surface area contributed by atoms with E-state index in [9.17, 15) is 0 Å². The van der Waals surface area contributed by atoms with Crippen LogP contribution < -0.4 is 11.2 Å². The molecule has 0 aromatic carbocycles. The van der Waals surface area contributed by atoms with Gasteiger partial charge in [-0.3, -0.25) is 10.4 Å². The lowest BCUT2D eigenvalue weighted by atomic mass is 9.80. The van der Waals surface area contributed by atoms with Gasteiger partial charge in [0, 0.05) is 26.7 Å². The Bertz CT molecular complexity index is 110. The van der Waals surface area contributed by atoms with Crippen molar-refractivity contribution in [3.63, 3.8) is 0 Å². The molecule has 3 N–H and O–H groups in total. The Labute approximate surface area is 68.9 Å². The first-order chi connectivity index (χ1) is 5.24. The average Bonchev–Trinajstić information content (AvgIpc) is 1.81. The van der Waals surface area contributed by atoms with E-state index in [2.05, 4.69) is 5.43 Å². The molecule has 1 aliphatic rings. The molecule has 0 saturated heterocycles. The molecule has 0 aromatic rings. The highest BCUT2D eigenvalue weighted by molar-refractivity contribution is 4.82. The van der Waals surface area contributed by atoms with Crippen molar-refractivity contribution < 1.29 is 0 Å². The van der Waals surface area contributed by atoms with Crippen LogP contribution in [0.2, 0.25) is 0 Å². The molecular formula is C8H19N3. The Kier molecular flexibility index (Phi) is 3.30. The summed E-state index contributed by atoms with van der Waals surface area (Å²) in [6.07, 6.45) is 4.09. The van der Waals surface area contributed by atoms with Gasteiger partial charge in [0.1, 0.15) is 0 Å². The van der Waals surface area contributed by atoms with Crippen LogP contribution in [-0.4, -0.2) is 31.7 Å². The smallest absolute Gasteiger partial charge is 0.0365 e. The highest BCUT2D eigenvalue weighted by Crippen LogP contribution is 2.29. The van der Waals surface area contributed by atoms with Crippen molar-refractivity contribution in [1.82, 2.24) is 10.4 Å². The maximum atomic E-state index is 5.64. The number of nitrogens with one attached hydrogen (secondary N) is 1. The van der Waals surface area contributed by atoms with Gasteiger partial charge < -0.3 is 5.73 Å². The summed E-state index contributed by atoms with van der Waals surface area (Å²) in [6.45, 7) is 0.753. The number of nitrogens with two attached hydrogens (primary N) is 1. The van der Waals surface area contributed by atoms with Gasteiger partial charge in [-0.25, -0.2) is 0 Å². The minimum atomic E-state index is 0.499. The molecule has 1 saturated carbocycles. The van der Waals surface area contributed by atoms with E-state index >= 15 is 0 Å². The number of hydrogen-bond acceptors (Lipinski definition) is 3. The maximum Gasteiger partial charge on any atom is 0.0365 e. The minimum Gasteiger partial charge on any atom is -0.329 e. The van der Waals surface area contributed by atoms with Crippen molar-refractivity contribution >= 4 is 0 Å². The van der Waals surface area contributed by atoms with E-state index in [0.29, 0.717) is 6.04 Å². The van der Waals surface area contributed by atoms with Crippen molar-refractivity contribution in [3.8, 4) is 0 Å². The first-order valence-corrected chi connectivity index (χ1v) is 4.37. The second-order valence-corrected chi connectivity index (χ2v) is 3.56. The predicted octanol–water partition coefficient (Wildman–Crippen LogP) is 0.180. The summed E-state index contributed by atoms with van der Waals surface area (Å²) in [5.41, 5.74) is 8.98. The molecule has 0 bridgehead atoms. The van der Waals surface area contributed by atoms with E-state index in [1.165, 1.54) is 19.3 Å². The van der Waals surface area contributed by atoms with Crippen LogP contribution in [0.4, 0.5) is 0 Å². The molecule has 1 unspecified atom stereocenters. The number of nitrogens with zero attached hydrogens (tertiary/aromatic N) is 1. The molecule has 11 heavy (non-hydrogen) atoms. The zero-order chi connectivity index (χ0) is 8.27. The zero-order valence-electron chi connectivity index (χ0n) is 7.51. The van der Waals surface area contributed by atoms with E-state index < -0.39 is 0 Å². The number of hydrazine groups is 1. The van der Waals surface area contributed by atoms with Crippen LogP contribution in [0.15, 0.2) is 0 Å². The molecule has 1 rings (SSSR count). The van der Waals surface area contributed by atoms with Crippen LogP contribution in [0, 0.1) is 5.92 Å². The van der Waals surface area contributed by atoms with Gasteiger partial charge in [0.2, 0.25) is 0 Å². The Balaban J connectivity index is 2.23. The van der Waals surface area contributed by atoms with E-state index in [1.54, 1.807) is 0 Å². The topological polar surface area (TPSA) is 41.3 Å². The highest BCUT2D eigenvalue weighted by atomic mass is 15.5. The summed E-state index contributed by atoms with van der Waals surface area (Å²) in [4.78, 5) is 0. The van der Waals surface area contributed by atoms with E-state index in [4.69, 9.17) is 5.73 Å². The molecule has 3 nitrogen and oxygen atoms in total. The van der Waals surface area contributed by atoms with Gasteiger partial charge >= 0.3 is 0 Å². The fourth-order valence-electron chi connectivity index (χ4n) is 1.52. The van der Waals surface area contributed by atoms with Gasteiger partial charge in [0.15, 0.2) is 0 Å². The molecule has 3 heteroatoms. The van der Waals surface area contributed by atoms with Crippen molar-refractivity contribution in [1.29, 1.82) is 0 Å². The van der Waals surface area contributed by atoms with E-state index in [-0.39, 0.29) is 0 Å². The third-order valence-corrected chi connectivity index (χ3v) is 2.40. The molecule has 0 heterocycles. The van der Waals surface area contributed by atoms with Crippen LogP contribution >= 0.6 is 0 Å². The van der Waals surface area contributed by atoms with Crippen LogP contribution in [-0.2, 0) is 0 Å². The zero-order valence-corrected chi connectivity index (χ0v) is 7.51. The molecule has 0 aromatic heterocycles. The van der Waals surface area contributed by atoms with Gasteiger partial charge in [-0.1, -0.05) is 6.42 Å². The van der Waals surface area contributed by atoms with Gasteiger partial charge in [0.25, 0.3) is 0 Å². The standard InChI is InChI=1S/C8H19N3/c1-11(2)10-8(6-9)7-4-3-5-7/h7-8,10H,3-6,9H2,1-2H3. The number of rotatable bonds is 4. The monoisotopic (exact) mass is 157 g/mol. The second-order valence-electron chi connectivity index (χ2n) is 3.56. The van der Waals surface area contributed by atoms with E-state index in [0.717, 1.165) is 12.5 Å². The highest BCUT2D eigenvalue weighted by Gasteiger charge is 2.26. The Morgan fingerprint density at radius 1 is 1.55 bits per heavy atom. The first-order valence-electron chi connectivity index (χ1n) is 4.37. The van der Waals surface area contributed by atoms with Crippen LogP contribution in [0.3, 0.4) is 0 Å². The van der Waals surface area contributed by atoms with Gasteiger partial charge in [-0.15, -0.1) is 0 Å². The third-order valence-electron chi connectivity index (χ3n) is 2.40. The van der Waals surface area contributed by atoms with Gasteiger partial charge in [-0.2, -0.15) is 0 Å². The summed E-state index contributed by atoms with van der Waals surface area (Å²) in [5, 5.41) is 2.00. The Hall–Kier alpha value is -0.120. The van der Waals surface area contributed by atoms with Crippen LogP contribution in [0.1, 0.15) is 19.3 Å². The molecule has 0 aliphatic heterocycles. The molecule has 1 atom stereocenters. The quantitative estimate of drug-likeness (QED) is 0.572. The van der Waals surface area contributed by atoms with Crippen molar-refractivity contribution in [3.05, 3.63) is 0 Å². The summed E-state index contributed by atoms with van der Waals surface area (Å²) in [7, 11) is 4.03. The molecule has 1 aliphatic carbocycles. The lowest BCUT2D eigenvalue weighted by Crippen LogP contribution is -2.50. The SMILES string of the molecule is CN(C)NC(CN)C1CCC1. The van der Waals surface area contributed by atoms with Crippen LogP contribution in [0.25, 0.3) is 0 Å². The molecule has 66 valence electrons. The van der Waals surface area contributed by atoms with Gasteiger partial charge in [0.05, 0.1) is 0 Å². The molecule has 0 spiro atoms. The molecule has 0 amide bonds. The summed E-state index contributed by atoms with van der Waals surface area (Å²) in [6, 6.07) is 0.499. The van der Waals surface area contributed by atoms with E-state index in [1.807, 2.05) is 19.1 Å². The maximum absolute atomic E-state index is 5.64. The predicted molar refractivity (Wildman–Crippen MR) is 47.0 cm³/mol. The Morgan fingerprint density at radius 3 is 2.45 bits per heavy atom. The summed E-state index contributed by atoms with van der Waals surface area (Å²) in [5.74, 6) is 0.822.